The lowest BCUT2D eigenvalue weighted by Gasteiger charge is -2.73. The molecule has 2 spiro atoms. The first-order valence-corrected chi connectivity index (χ1v) is 11.5. The van der Waals surface area contributed by atoms with Gasteiger partial charge in [-0.2, -0.15) is 0 Å². The number of benzene rings is 1. The molecule has 4 nitrogen and oxygen atoms in total. The number of hydrogen-bond donors (Lipinski definition) is 2. The zero-order chi connectivity index (χ0) is 20.4. The molecule has 4 heteroatoms. The monoisotopic (exact) mass is 397 g/mol. The minimum atomic E-state index is -0.281. The standard InChI is InChI=1S/C25H35NO3/c1-14(22(2,3)4)16-13-23-8-9-25(16,28-5)21-24(23)10-11-26-18(23)12-15-6-7-17(27)20(29-21)19(15)24/h6-7,14,16,18,21,26-27H,8-13H2,1-5H3/t14-,16-,18?,21-,23-,24+,25-/m1/s1. The van der Waals surface area contributed by atoms with Gasteiger partial charge in [0.05, 0.1) is 0 Å². The van der Waals surface area contributed by atoms with Crippen molar-refractivity contribution in [1.29, 1.82) is 0 Å². The van der Waals surface area contributed by atoms with E-state index in [4.69, 9.17) is 9.47 Å². The zero-order valence-electron chi connectivity index (χ0n) is 18.5. The highest BCUT2D eigenvalue weighted by atomic mass is 16.6. The first-order valence-electron chi connectivity index (χ1n) is 11.5. The summed E-state index contributed by atoms with van der Waals surface area (Å²) in [6, 6.07) is 4.48. The fraction of sp³-hybridized carbons (Fsp3) is 0.760. The van der Waals surface area contributed by atoms with Gasteiger partial charge in [-0.25, -0.2) is 0 Å². The minimum Gasteiger partial charge on any atom is -0.504 e. The molecule has 3 saturated carbocycles. The van der Waals surface area contributed by atoms with Gasteiger partial charge in [-0.3, -0.25) is 0 Å². The van der Waals surface area contributed by atoms with E-state index in [1.54, 1.807) is 0 Å². The first-order chi connectivity index (χ1) is 13.7. The Morgan fingerprint density at radius 3 is 2.76 bits per heavy atom. The van der Waals surface area contributed by atoms with Crippen LogP contribution in [-0.2, 0) is 16.6 Å². The quantitative estimate of drug-likeness (QED) is 0.786. The van der Waals surface area contributed by atoms with Gasteiger partial charge in [-0.1, -0.05) is 33.8 Å². The van der Waals surface area contributed by atoms with Gasteiger partial charge in [0.15, 0.2) is 11.5 Å². The molecule has 0 aromatic heterocycles. The third kappa shape index (κ3) is 1.82. The van der Waals surface area contributed by atoms with Crippen LogP contribution in [0.1, 0.15) is 64.5 Å². The van der Waals surface area contributed by atoms with E-state index in [2.05, 4.69) is 39.1 Å². The van der Waals surface area contributed by atoms with Gasteiger partial charge in [0.2, 0.25) is 0 Å². The van der Waals surface area contributed by atoms with Crippen LogP contribution >= 0.6 is 0 Å². The number of phenolic OH excluding ortho intramolecular Hbond substituents is 1. The van der Waals surface area contributed by atoms with Crippen molar-refractivity contribution in [2.75, 3.05) is 13.7 Å². The van der Waals surface area contributed by atoms with E-state index in [0.29, 0.717) is 23.6 Å². The summed E-state index contributed by atoms with van der Waals surface area (Å²) in [5.74, 6) is 2.06. The van der Waals surface area contributed by atoms with Crippen molar-refractivity contribution >= 4 is 0 Å². The van der Waals surface area contributed by atoms with Crippen LogP contribution in [0.2, 0.25) is 0 Å². The molecule has 1 aromatic carbocycles. The lowest BCUT2D eigenvalue weighted by molar-refractivity contribution is -0.277. The maximum atomic E-state index is 10.8. The summed E-state index contributed by atoms with van der Waals surface area (Å²) in [6.07, 6.45) is 5.59. The molecule has 6 aliphatic rings. The molecule has 7 rings (SSSR count). The molecule has 2 heterocycles. The van der Waals surface area contributed by atoms with Crippen LogP contribution in [0.15, 0.2) is 12.1 Å². The zero-order valence-corrected chi connectivity index (χ0v) is 18.5. The average molecular weight is 398 g/mol. The Hall–Kier alpha value is -1.26. The molecule has 1 aromatic rings. The van der Waals surface area contributed by atoms with Gasteiger partial charge in [0, 0.05) is 29.5 Å². The summed E-state index contributed by atoms with van der Waals surface area (Å²) in [7, 11) is 1.91. The number of ether oxygens (including phenoxy) is 2. The van der Waals surface area contributed by atoms with Crippen LogP contribution in [0.25, 0.3) is 0 Å². The normalized spacial score (nSPS) is 44.9. The second kappa shape index (κ2) is 5.31. The number of piperidine rings is 1. The van der Waals surface area contributed by atoms with Crippen molar-refractivity contribution in [3.8, 4) is 11.5 Å². The van der Waals surface area contributed by atoms with Crippen LogP contribution in [0.3, 0.4) is 0 Å². The lowest BCUT2D eigenvalue weighted by atomic mass is 9.34. The molecule has 158 valence electrons. The number of phenols is 1. The fourth-order valence-electron chi connectivity index (χ4n) is 8.59. The molecule has 29 heavy (non-hydrogen) atoms. The van der Waals surface area contributed by atoms with Crippen molar-refractivity contribution < 1.29 is 14.6 Å². The molecule has 2 N–H and O–H groups in total. The molecular weight excluding hydrogens is 362 g/mol. The van der Waals surface area contributed by atoms with E-state index in [-0.39, 0.29) is 27.9 Å². The first kappa shape index (κ1) is 18.5. The molecule has 4 fully saturated rings. The molecule has 0 radical (unpaired) electrons. The van der Waals surface area contributed by atoms with Gasteiger partial charge in [-0.05, 0) is 67.5 Å². The van der Waals surface area contributed by atoms with Crippen molar-refractivity contribution in [2.45, 2.75) is 83.0 Å². The van der Waals surface area contributed by atoms with Crippen LogP contribution in [0.5, 0.6) is 11.5 Å². The number of aromatic hydroxyl groups is 1. The number of hydrogen-bond acceptors (Lipinski definition) is 4. The van der Waals surface area contributed by atoms with Crippen molar-refractivity contribution in [2.24, 2.45) is 22.7 Å². The van der Waals surface area contributed by atoms with Crippen molar-refractivity contribution in [3.05, 3.63) is 23.3 Å². The van der Waals surface area contributed by atoms with Crippen LogP contribution in [-0.4, -0.2) is 36.5 Å². The maximum absolute atomic E-state index is 10.8. The Balaban J connectivity index is 1.63. The number of nitrogens with one attached hydrogen (secondary N) is 1. The number of rotatable bonds is 2. The molecule has 2 aliphatic heterocycles. The van der Waals surface area contributed by atoms with E-state index >= 15 is 0 Å². The van der Waals surface area contributed by atoms with Gasteiger partial charge in [0.1, 0.15) is 11.7 Å². The van der Waals surface area contributed by atoms with Crippen LogP contribution < -0.4 is 10.1 Å². The molecular formula is C25H35NO3. The Bertz CT molecular complexity index is 891. The van der Waals surface area contributed by atoms with Gasteiger partial charge >= 0.3 is 0 Å². The molecule has 4 aliphatic carbocycles. The second-order valence-corrected chi connectivity index (χ2v) is 11.7. The maximum Gasteiger partial charge on any atom is 0.165 e. The molecule has 0 amide bonds. The summed E-state index contributed by atoms with van der Waals surface area (Å²) >= 11 is 0. The lowest BCUT2D eigenvalue weighted by Crippen LogP contribution is -2.81. The summed E-state index contributed by atoms with van der Waals surface area (Å²) in [4.78, 5) is 0. The second-order valence-electron chi connectivity index (χ2n) is 11.7. The largest absolute Gasteiger partial charge is 0.504 e. The molecule has 1 saturated heterocycles. The fourth-order valence-corrected chi connectivity index (χ4v) is 8.59. The summed E-state index contributed by atoms with van der Waals surface area (Å²) in [5.41, 5.74) is 2.83. The average Bonchev–Trinajstić information content (AvgIpc) is 3.04. The van der Waals surface area contributed by atoms with Crippen LogP contribution in [0, 0.1) is 22.7 Å². The van der Waals surface area contributed by atoms with E-state index < -0.39 is 0 Å². The van der Waals surface area contributed by atoms with E-state index in [1.165, 1.54) is 24.0 Å². The van der Waals surface area contributed by atoms with E-state index in [9.17, 15) is 5.11 Å². The van der Waals surface area contributed by atoms with E-state index in [0.717, 1.165) is 31.6 Å². The summed E-state index contributed by atoms with van der Waals surface area (Å²) < 4.78 is 13.4. The predicted molar refractivity (Wildman–Crippen MR) is 112 cm³/mol. The topological polar surface area (TPSA) is 50.7 Å². The Kier molecular flexibility index (Phi) is 3.39. The van der Waals surface area contributed by atoms with Crippen molar-refractivity contribution in [3.63, 3.8) is 0 Å². The predicted octanol–water partition coefficient (Wildman–Crippen LogP) is 4.18. The molecule has 1 unspecified atom stereocenters. The van der Waals surface area contributed by atoms with Crippen molar-refractivity contribution in [1.82, 2.24) is 5.32 Å². The van der Waals surface area contributed by atoms with E-state index in [1.807, 2.05) is 13.2 Å². The number of fused-ring (bicyclic) bond motifs is 2. The highest BCUT2D eigenvalue weighted by Crippen LogP contribution is 2.76. The molecule has 4 bridgehead atoms. The minimum absolute atomic E-state index is 0.00394. The van der Waals surface area contributed by atoms with Gasteiger partial charge in [-0.15, -0.1) is 0 Å². The third-order valence-electron chi connectivity index (χ3n) is 10.2. The smallest absolute Gasteiger partial charge is 0.165 e. The summed E-state index contributed by atoms with van der Waals surface area (Å²) in [5, 5.41) is 14.7. The number of methoxy groups -OCH3 is 1. The third-order valence-corrected chi connectivity index (χ3v) is 10.2. The molecule has 7 atom stereocenters. The van der Waals surface area contributed by atoms with Gasteiger partial charge < -0.3 is 19.9 Å². The Morgan fingerprint density at radius 2 is 2.03 bits per heavy atom. The SMILES string of the molecule is CO[C@]12CC[C@@]3(C[C@@H]1[C@@H](C)C(C)(C)C)C1Cc4ccc(O)c5c4[C@@]3(CCN1)[C@H]2O5. The Labute approximate surface area is 174 Å². The van der Waals surface area contributed by atoms with Crippen LogP contribution in [0.4, 0.5) is 0 Å². The highest BCUT2D eigenvalue weighted by molar-refractivity contribution is 5.63. The summed E-state index contributed by atoms with van der Waals surface area (Å²) in [6.45, 7) is 10.5. The highest BCUT2D eigenvalue weighted by Gasteiger charge is 2.80. The van der Waals surface area contributed by atoms with Gasteiger partial charge in [0.25, 0.3) is 0 Å². The Morgan fingerprint density at radius 1 is 1.24 bits per heavy atom.